The van der Waals surface area contributed by atoms with Gasteiger partial charge in [0.2, 0.25) is 5.89 Å². The first-order valence-corrected chi connectivity index (χ1v) is 8.25. The second kappa shape index (κ2) is 7.59. The molecule has 0 saturated heterocycles. The molecule has 3 rings (SSSR count). The Morgan fingerprint density at radius 1 is 1.12 bits per heavy atom. The number of rotatable bonds is 5. The van der Waals surface area contributed by atoms with Gasteiger partial charge in [-0.3, -0.25) is 4.79 Å². The highest BCUT2D eigenvalue weighted by Crippen LogP contribution is 2.34. The van der Waals surface area contributed by atoms with Gasteiger partial charge in [-0.1, -0.05) is 47.5 Å². The smallest absolute Gasteiger partial charge is 0.257 e. The number of aromatic nitrogens is 1. The van der Waals surface area contributed by atoms with Gasteiger partial charge in [-0.25, -0.2) is 4.98 Å². The number of methoxy groups -OCH3 is 1. The summed E-state index contributed by atoms with van der Waals surface area (Å²) in [5.41, 5.74) is 1.93. The number of benzene rings is 2. The fourth-order valence-corrected chi connectivity index (χ4v) is 2.45. The zero-order chi connectivity index (χ0) is 17.8. The number of alkyl halides is 2. The molecule has 0 aliphatic carbocycles. The monoisotopic (exact) mass is 376 g/mol. The average Bonchev–Trinajstić information content (AvgIpc) is 3.11. The maximum Gasteiger partial charge on any atom is 0.257 e. The third-order valence-corrected chi connectivity index (χ3v) is 3.89. The molecule has 128 valence electrons. The van der Waals surface area contributed by atoms with Crippen molar-refractivity contribution in [3.8, 4) is 28.5 Å². The SMILES string of the molecule is COc1ccccc1-c1ncc(-c2ccccc2NC(=O)C(Cl)Cl)o1. The van der Waals surface area contributed by atoms with E-state index in [1.165, 1.54) is 0 Å². The minimum absolute atomic E-state index is 0.418. The Hall–Kier alpha value is -2.50. The van der Waals surface area contributed by atoms with Crippen LogP contribution in [-0.4, -0.2) is 22.8 Å². The standard InChI is InChI=1S/C18H14Cl2N2O3/c1-24-14-9-5-3-7-12(14)18-21-10-15(25-18)11-6-2-4-8-13(11)22-17(23)16(19)20/h2-10,16H,1H3,(H,22,23). The molecule has 1 N–H and O–H groups in total. The number of anilines is 1. The molecule has 0 spiro atoms. The number of hydrogen-bond acceptors (Lipinski definition) is 4. The summed E-state index contributed by atoms with van der Waals surface area (Å²) in [6, 6.07) is 14.6. The molecule has 2 aromatic carbocycles. The van der Waals surface area contributed by atoms with E-state index in [2.05, 4.69) is 10.3 Å². The Bertz CT molecular complexity index is 893. The van der Waals surface area contributed by atoms with E-state index < -0.39 is 10.7 Å². The first kappa shape index (κ1) is 17.3. The average molecular weight is 377 g/mol. The summed E-state index contributed by atoms with van der Waals surface area (Å²) in [6.07, 6.45) is 1.59. The normalized spacial score (nSPS) is 10.7. The number of carbonyl (C=O) groups is 1. The summed E-state index contributed by atoms with van der Waals surface area (Å²) >= 11 is 11.2. The number of ether oxygens (including phenoxy) is 1. The maximum absolute atomic E-state index is 11.8. The van der Waals surface area contributed by atoms with Crippen molar-refractivity contribution in [2.75, 3.05) is 12.4 Å². The highest BCUT2D eigenvalue weighted by atomic mass is 35.5. The van der Waals surface area contributed by atoms with Crippen LogP contribution in [0.5, 0.6) is 5.75 Å². The molecule has 0 aliphatic heterocycles. The van der Waals surface area contributed by atoms with Crippen molar-refractivity contribution in [2.45, 2.75) is 4.84 Å². The van der Waals surface area contributed by atoms with Gasteiger partial charge >= 0.3 is 0 Å². The van der Waals surface area contributed by atoms with Crippen molar-refractivity contribution in [1.82, 2.24) is 4.98 Å². The predicted molar refractivity (Wildman–Crippen MR) is 98.1 cm³/mol. The maximum atomic E-state index is 11.8. The van der Waals surface area contributed by atoms with E-state index >= 15 is 0 Å². The lowest BCUT2D eigenvalue weighted by Crippen LogP contribution is -2.18. The van der Waals surface area contributed by atoms with Crippen LogP contribution < -0.4 is 10.1 Å². The molecular weight excluding hydrogens is 363 g/mol. The topological polar surface area (TPSA) is 64.4 Å². The summed E-state index contributed by atoms with van der Waals surface area (Å²) in [4.78, 5) is 14.9. The quantitative estimate of drug-likeness (QED) is 0.652. The van der Waals surface area contributed by atoms with E-state index in [4.69, 9.17) is 32.4 Å². The molecule has 5 nitrogen and oxygen atoms in total. The third-order valence-electron chi connectivity index (χ3n) is 3.49. The van der Waals surface area contributed by atoms with E-state index in [1.54, 1.807) is 31.5 Å². The van der Waals surface area contributed by atoms with Gasteiger partial charge in [-0.05, 0) is 24.3 Å². The van der Waals surface area contributed by atoms with E-state index in [0.717, 1.165) is 5.56 Å². The number of nitrogens with zero attached hydrogens (tertiary/aromatic N) is 1. The Morgan fingerprint density at radius 2 is 1.80 bits per heavy atom. The fraction of sp³-hybridized carbons (Fsp3) is 0.111. The lowest BCUT2D eigenvalue weighted by Gasteiger charge is -2.09. The third kappa shape index (κ3) is 3.78. The molecule has 1 aromatic heterocycles. The van der Waals surface area contributed by atoms with Gasteiger partial charge in [-0.2, -0.15) is 0 Å². The first-order valence-electron chi connectivity index (χ1n) is 7.38. The van der Waals surface area contributed by atoms with Gasteiger partial charge in [0.05, 0.1) is 24.6 Å². The molecule has 0 saturated carbocycles. The number of carbonyl (C=O) groups excluding carboxylic acids is 1. The first-order chi connectivity index (χ1) is 12.1. The molecule has 0 atom stereocenters. The number of para-hydroxylation sites is 2. The molecule has 3 aromatic rings. The molecule has 0 unspecified atom stereocenters. The van der Waals surface area contributed by atoms with Crippen molar-refractivity contribution in [1.29, 1.82) is 0 Å². The van der Waals surface area contributed by atoms with Crippen LogP contribution in [0.4, 0.5) is 5.69 Å². The second-order valence-electron chi connectivity index (χ2n) is 5.07. The molecule has 25 heavy (non-hydrogen) atoms. The number of amides is 1. The van der Waals surface area contributed by atoms with Gasteiger partial charge in [0.1, 0.15) is 5.75 Å². The molecule has 0 aliphatic rings. The molecule has 0 fully saturated rings. The summed E-state index contributed by atoms with van der Waals surface area (Å²) < 4.78 is 11.2. The Labute approximate surface area is 154 Å². The lowest BCUT2D eigenvalue weighted by molar-refractivity contribution is -0.114. The summed E-state index contributed by atoms with van der Waals surface area (Å²) in [7, 11) is 1.59. The van der Waals surface area contributed by atoms with Crippen molar-refractivity contribution < 1.29 is 13.9 Å². The fourth-order valence-electron chi connectivity index (χ4n) is 2.34. The van der Waals surface area contributed by atoms with Crippen molar-refractivity contribution in [3.63, 3.8) is 0 Å². The number of nitrogens with one attached hydrogen (secondary N) is 1. The van der Waals surface area contributed by atoms with Crippen molar-refractivity contribution in [2.24, 2.45) is 0 Å². The minimum Gasteiger partial charge on any atom is -0.496 e. The summed E-state index contributed by atoms with van der Waals surface area (Å²) in [6.45, 7) is 0. The van der Waals surface area contributed by atoms with Crippen LogP contribution in [0.1, 0.15) is 0 Å². The predicted octanol–water partition coefficient (Wildman–Crippen LogP) is 4.76. The van der Waals surface area contributed by atoms with Crippen LogP contribution in [0.3, 0.4) is 0 Å². The van der Waals surface area contributed by atoms with Crippen LogP contribution in [-0.2, 0) is 4.79 Å². The van der Waals surface area contributed by atoms with Crippen LogP contribution in [0.25, 0.3) is 22.8 Å². The van der Waals surface area contributed by atoms with E-state index in [-0.39, 0.29) is 0 Å². The number of hydrogen-bond donors (Lipinski definition) is 1. The van der Waals surface area contributed by atoms with Crippen LogP contribution in [0, 0.1) is 0 Å². The molecule has 0 bridgehead atoms. The summed E-state index contributed by atoms with van der Waals surface area (Å²) in [5, 5.41) is 2.66. The second-order valence-corrected chi connectivity index (χ2v) is 6.16. The van der Waals surface area contributed by atoms with Crippen molar-refractivity contribution >= 4 is 34.8 Å². The largest absolute Gasteiger partial charge is 0.496 e. The Balaban J connectivity index is 1.97. The molecule has 7 heteroatoms. The van der Waals surface area contributed by atoms with Crippen LogP contribution in [0.2, 0.25) is 0 Å². The highest BCUT2D eigenvalue weighted by molar-refractivity contribution is 6.54. The van der Waals surface area contributed by atoms with Gasteiger partial charge < -0.3 is 14.5 Å². The minimum atomic E-state index is -1.16. The lowest BCUT2D eigenvalue weighted by atomic mass is 10.1. The number of oxazole rings is 1. The van der Waals surface area contributed by atoms with E-state index in [9.17, 15) is 4.79 Å². The van der Waals surface area contributed by atoms with E-state index in [1.807, 2.05) is 30.3 Å². The van der Waals surface area contributed by atoms with Gasteiger partial charge in [0, 0.05) is 5.56 Å². The Kier molecular flexibility index (Phi) is 5.26. The molecule has 1 amide bonds. The molecule has 1 heterocycles. The van der Waals surface area contributed by atoms with Gasteiger partial charge in [0.25, 0.3) is 5.91 Å². The van der Waals surface area contributed by atoms with Gasteiger partial charge in [-0.15, -0.1) is 0 Å². The molecule has 0 radical (unpaired) electrons. The van der Waals surface area contributed by atoms with Gasteiger partial charge in [0.15, 0.2) is 10.6 Å². The highest BCUT2D eigenvalue weighted by Gasteiger charge is 2.17. The zero-order valence-electron chi connectivity index (χ0n) is 13.2. The zero-order valence-corrected chi connectivity index (χ0v) is 14.7. The van der Waals surface area contributed by atoms with Crippen LogP contribution >= 0.6 is 23.2 Å². The number of halogens is 2. The van der Waals surface area contributed by atoms with Crippen LogP contribution in [0.15, 0.2) is 59.1 Å². The van der Waals surface area contributed by atoms with E-state index in [0.29, 0.717) is 28.7 Å². The van der Waals surface area contributed by atoms with Crippen molar-refractivity contribution in [3.05, 3.63) is 54.7 Å². The Morgan fingerprint density at radius 3 is 2.52 bits per heavy atom. The summed E-state index contributed by atoms with van der Waals surface area (Å²) in [5.74, 6) is 1.06. The molecular formula is C18H14Cl2N2O3.